The molecule has 0 fully saturated rings. The van der Waals surface area contributed by atoms with Gasteiger partial charge in [0.2, 0.25) is 10.0 Å². The van der Waals surface area contributed by atoms with Crippen molar-refractivity contribution in [2.24, 2.45) is 5.14 Å². The third kappa shape index (κ3) is 4.79. The molecular formula is C16H14ClNO6S. The molecule has 0 aromatic heterocycles. The van der Waals surface area contributed by atoms with Gasteiger partial charge < -0.3 is 9.47 Å². The van der Waals surface area contributed by atoms with Gasteiger partial charge in [0, 0.05) is 5.56 Å². The first-order valence-corrected chi connectivity index (χ1v) is 8.81. The second kappa shape index (κ2) is 7.64. The molecule has 0 aliphatic carbocycles. The predicted octanol–water partition coefficient (Wildman–Crippen LogP) is 2.04. The quantitative estimate of drug-likeness (QED) is 0.603. The third-order valence-electron chi connectivity index (χ3n) is 3.23. The van der Waals surface area contributed by atoms with Gasteiger partial charge in [0.25, 0.3) is 0 Å². The van der Waals surface area contributed by atoms with Crippen LogP contribution >= 0.6 is 11.6 Å². The van der Waals surface area contributed by atoms with Crippen LogP contribution in [0.15, 0.2) is 47.4 Å². The molecule has 132 valence electrons. The Morgan fingerprint density at radius 3 is 2.32 bits per heavy atom. The molecule has 2 N–H and O–H groups in total. The third-order valence-corrected chi connectivity index (χ3v) is 4.47. The van der Waals surface area contributed by atoms with Crippen LogP contribution in [0.25, 0.3) is 0 Å². The summed E-state index contributed by atoms with van der Waals surface area (Å²) in [6, 6.07) is 9.63. The maximum atomic E-state index is 12.1. The number of rotatable bonds is 6. The summed E-state index contributed by atoms with van der Waals surface area (Å²) in [7, 11) is -2.50. The predicted molar refractivity (Wildman–Crippen MR) is 90.4 cm³/mol. The first-order chi connectivity index (χ1) is 11.7. The molecule has 0 amide bonds. The Balaban J connectivity index is 2.10. The number of Topliss-reactive ketones (excluding diaryl/α,β-unsaturated/α-hetero) is 1. The smallest absolute Gasteiger partial charge is 0.340 e. The lowest BCUT2D eigenvalue weighted by molar-refractivity contribution is 0.0474. The van der Waals surface area contributed by atoms with E-state index in [1.807, 2.05) is 0 Å². The Hall–Kier alpha value is -2.42. The van der Waals surface area contributed by atoms with Gasteiger partial charge >= 0.3 is 5.97 Å². The van der Waals surface area contributed by atoms with E-state index in [0.717, 1.165) is 12.1 Å². The maximum Gasteiger partial charge on any atom is 0.340 e. The summed E-state index contributed by atoms with van der Waals surface area (Å²) in [4.78, 5) is 23.8. The van der Waals surface area contributed by atoms with Crippen molar-refractivity contribution in [2.75, 3.05) is 13.7 Å². The van der Waals surface area contributed by atoms with Crippen LogP contribution in [-0.4, -0.2) is 33.9 Å². The lowest BCUT2D eigenvalue weighted by Crippen LogP contribution is -2.16. The van der Waals surface area contributed by atoms with E-state index in [1.165, 1.54) is 25.3 Å². The number of primary sulfonamides is 1. The fourth-order valence-electron chi connectivity index (χ4n) is 1.91. The molecule has 0 aliphatic rings. The average molecular weight is 384 g/mol. The number of carbonyl (C=O) groups is 2. The number of nitrogens with two attached hydrogens (primary N) is 1. The van der Waals surface area contributed by atoms with E-state index in [9.17, 15) is 18.0 Å². The summed E-state index contributed by atoms with van der Waals surface area (Å²) in [5, 5.41) is 4.99. The van der Waals surface area contributed by atoms with Crippen LogP contribution in [0.4, 0.5) is 0 Å². The second-order valence-electron chi connectivity index (χ2n) is 4.91. The molecule has 0 atom stereocenters. The zero-order chi connectivity index (χ0) is 18.6. The number of ketones is 1. The number of esters is 1. The zero-order valence-electron chi connectivity index (χ0n) is 13.1. The van der Waals surface area contributed by atoms with Crippen molar-refractivity contribution >= 4 is 33.4 Å². The van der Waals surface area contributed by atoms with Crippen molar-refractivity contribution in [2.45, 2.75) is 4.90 Å². The first-order valence-electron chi connectivity index (χ1n) is 6.89. The van der Waals surface area contributed by atoms with Gasteiger partial charge in [-0.3, -0.25) is 4.79 Å². The standard InChI is InChI=1S/C16H14ClNO6S/c1-23-11-4-2-10(3-5-11)15(19)9-24-16(20)13-8-12(25(18,21)22)6-7-14(13)17/h2-8H,9H2,1H3,(H2,18,21,22). The van der Waals surface area contributed by atoms with Crippen molar-refractivity contribution in [3.8, 4) is 5.75 Å². The molecule has 0 saturated carbocycles. The molecular weight excluding hydrogens is 370 g/mol. The molecule has 0 aliphatic heterocycles. The van der Waals surface area contributed by atoms with Gasteiger partial charge in [0.05, 0.1) is 22.6 Å². The summed E-state index contributed by atoms with van der Waals surface area (Å²) < 4.78 is 32.6. The monoisotopic (exact) mass is 383 g/mol. The Morgan fingerprint density at radius 1 is 1.12 bits per heavy atom. The molecule has 0 unspecified atom stereocenters. The van der Waals surface area contributed by atoms with Gasteiger partial charge in [-0.2, -0.15) is 0 Å². The highest BCUT2D eigenvalue weighted by molar-refractivity contribution is 7.89. The lowest BCUT2D eigenvalue weighted by Gasteiger charge is -2.08. The average Bonchev–Trinajstić information content (AvgIpc) is 2.58. The van der Waals surface area contributed by atoms with Crippen molar-refractivity contribution in [3.05, 3.63) is 58.6 Å². The molecule has 0 bridgehead atoms. The normalized spacial score (nSPS) is 11.0. The summed E-state index contributed by atoms with van der Waals surface area (Å²) in [6.45, 7) is -0.527. The first kappa shape index (κ1) is 18.9. The van der Waals surface area contributed by atoms with Crippen LogP contribution in [0.1, 0.15) is 20.7 Å². The summed E-state index contributed by atoms with van der Waals surface area (Å²) in [5.41, 5.74) is 0.133. The van der Waals surface area contributed by atoms with Crippen molar-refractivity contribution in [3.63, 3.8) is 0 Å². The molecule has 7 nitrogen and oxygen atoms in total. The van der Waals surface area contributed by atoms with Crippen LogP contribution in [0.2, 0.25) is 5.02 Å². The van der Waals surface area contributed by atoms with Crippen LogP contribution in [-0.2, 0) is 14.8 Å². The summed E-state index contributed by atoms with van der Waals surface area (Å²) in [6.07, 6.45) is 0. The van der Waals surface area contributed by atoms with Crippen LogP contribution < -0.4 is 9.88 Å². The number of ether oxygens (including phenoxy) is 2. The van der Waals surface area contributed by atoms with Gasteiger partial charge in [0.15, 0.2) is 12.4 Å². The van der Waals surface area contributed by atoms with Gasteiger partial charge in [-0.05, 0) is 42.5 Å². The van der Waals surface area contributed by atoms with Crippen molar-refractivity contribution < 1.29 is 27.5 Å². The highest BCUT2D eigenvalue weighted by Gasteiger charge is 2.18. The van der Waals surface area contributed by atoms with Crippen LogP contribution in [0, 0.1) is 0 Å². The number of hydrogen-bond donors (Lipinski definition) is 1. The van der Waals surface area contributed by atoms with Crippen molar-refractivity contribution in [1.82, 2.24) is 0 Å². The molecule has 25 heavy (non-hydrogen) atoms. The van der Waals surface area contributed by atoms with Gasteiger partial charge in [-0.25, -0.2) is 18.4 Å². The Kier molecular flexibility index (Phi) is 5.78. The SMILES string of the molecule is COc1ccc(C(=O)COC(=O)c2cc(S(N)(=O)=O)ccc2Cl)cc1. The number of methoxy groups -OCH3 is 1. The highest BCUT2D eigenvalue weighted by atomic mass is 35.5. The highest BCUT2D eigenvalue weighted by Crippen LogP contribution is 2.21. The largest absolute Gasteiger partial charge is 0.497 e. The molecule has 0 spiro atoms. The second-order valence-corrected chi connectivity index (χ2v) is 6.88. The topological polar surface area (TPSA) is 113 Å². The van der Waals surface area contributed by atoms with E-state index in [4.69, 9.17) is 26.2 Å². The minimum atomic E-state index is -4.00. The Labute approximate surface area is 149 Å². The molecule has 2 rings (SSSR count). The fraction of sp³-hybridized carbons (Fsp3) is 0.125. The van der Waals surface area contributed by atoms with Crippen molar-refractivity contribution in [1.29, 1.82) is 0 Å². The van der Waals surface area contributed by atoms with Gasteiger partial charge in [-0.15, -0.1) is 0 Å². The zero-order valence-corrected chi connectivity index (χ0v) is 14.6. The van der Waals surface area contributed by atoms with E-state index >= 15 is 0 Å². The molecule has 9 heteroatoms. The van der Waals surface area contributed by atoms with E-state index in [2.05, 4.69) is 0 Å². The van der Waals surface area contributed by atoms with Gasteiger partial charge in [0.1, 0.15) is 5.75 Å². The number of sulfonamides is 1. The molecule has 2 aromatic rings. The Bertz CT molecular complexity index is 909. The number of carbonyl (C=O) groups excluding carboxylic acids is 2. The molecule has 0 radical (unpaired) electrons. The lowest BCUT2D eigenvalue weighted by atomic mass is 10.1. The summed E-state index contributed by atoms with van der Waals surface area (Å²) in [5.74, 6) is -0.785. The maximum absolute atomic E-state index is 12.1. The Morgan fingerprint density at radius 2 is 1.76 bits per heavy atom. The van der Waals surface area contributed by atoms with E-state index in [0.29, 0.717) is 11.3 Å². The van der Waals surface area contributed by atoms with E-state index in [-0.39, 0.29) is 15.5 Å². The number of hydrogen-bond acceptors (Lipinski definition) is 6. The minimum Gasteiger partial charge on any atom is -0.497 e. The number of halogens is 1. The van der Waals surface area contributed by atoms with Crippen LogP contribution in [0.5, 0.6) is 5.75 Å². The molecule has 0 heterocycles. The van der Waals surface area contributed by atoms with Crippen LogP contribution in [0.3, 0.4) is 0 Å². The van der Waals surface area contributed by atoms with E-state index < -0.39 is 28.4 Å². The number of benzene rings is 2. The van der Waals surface area contributed by atoms with E-state index in [1.54, 1.807) is 12.1 Å². The van der Waals surface area contributed by atoms with Gasteiger partial charge in [-0.1, -0.05) is 11.6 Å². The summed E-state index contributed by atoms with van der Waals surface area (Å²) >= 11 is 5.87. The molecule has 0 saturated heterocycles. The minimum absolute atomic E-state index is 0.0192. The fourth-order valence-corrected chi connectivity index (χ4v) is 2.64. The molecule has 2 aromatic carbocycles.